The van der Waals surface area contributed by atoms with Crippen LogP contribution in [0.1, 0.15) is 37.1 Å². The first-order chi connectivity index (χ1) is 9.71. The van der Waals surface area contributed by atoms with Crippen molar-refractivity contribution in [3.05, 3.63) is 16.4 Å². The highest BCUT2D eigenvalue weighted by atomic mass is 35.5. The van der Waals surface area contributed by atoms with Crippen molar-refractivity contribution in [2.24, 2.45) is 24.6 Å². The lowest BCUT2D eigenvalue weighted by atomic mass is 9.74. The largest absolute Gasteiger partial charge is 0.392 e. The smallest absolute Gasteiger partial charge is 0.327 e. The van der Waals surface area contributed by atoms with Crippen molar-refractivity contribution in [3.8, 4) is 0 Å². The van der Waals surface area contributed by atoms with E-state index in [9.17, 15) is 13.2 Å². The molecule has 1 aromatic heterocycles. The Labute approximate surface area is 127 Å². The lowest BCUT2D eigenvalue weighted by molar-refractivity contribution is -0.198. The molecular formula is C14H21ClF3N3. The Morgan fingerprint density at radius 1 is 1.38 bits per heavy atom. The normalized spacial score (nSPS) is 25.1. The minimum Gasteiger partial charge on any atom is -0.327 e. The number of aromatic nitrogens is 2. The molecule has 1 fully saturated rings. The maximum Gasteiger partial charge on any atom is 0.392 e. The van der Waals surface area contributed by atoms with Gasteiger partial charge >= 0.3 is 6.18 Å². The van der Waals surface area contributed by atoms with Gasteiger partial charge in [-0.15, -0.1) is 0 Å². The van der Waals surface area contributed by atoms with E-state index in [1.165, 1.54) is 0 Å². The van der Waals surface area contributed by atoms with Crippen molar-refractivity contribution in [3.63, 3.8) is 0 Å². The van der Waals surface area contributed by atoms with Crippen molar-refractivity contribution in [2.45, 2.75) is 51.2 Å². The molecule has 0 aromatic carbocycles. The molecule has 3 nitrogen and oxygen atoms in total. The van der Waals surface area contributed by atoms with Crippen LogP contribution < -0.4 is 5.73 Å². The van der Waals surface area contributed by atoms with Crippen LogP contribution >= 0.6 is 11.6 Å². The number of rotatable bonds is 3. The van der Waals surface area contributed by atoms with Gasteiger partial charge < -0.3 is 5.73 Å². The molecule has 21 heavy (non-hydrogen) atoms. The van der Waals surface area contributed by atoms with Gasteiger partial charge in [-0.05, 0) is 25.7 Å². The van der Waals surface area contributed by atoms with Crippen LogP contribution in [0.25, 0.3) is 0 Å². The number of hydrogen-bond donors (Lipinski definition) is 1. The molecule has 0 bridgehead atoms. The summed E-state index contributed by atoms with van der Waals surface area (Å²) in [7, 11) is 1.74. The molecule has 7 heteroatoms. The minimum absolute atomic E-state index is 0.181. The molecule has 1 aliphatic rings. The summed E-state index contributed by atoms with van der Waals surface area (Å²) >= 11 is 6.16. The van der Waals surface area contributed by atoms with E-state index in [2.05, 4.69) is 5.10 Å². The zero-order valence-electron chi connectivity index (χ0n) is 12.3. The summed E-state index contributed by atoms with van der Waals surface area (Å²) in [6.07, 6.45) is -1.70. The van der Waals surface area contributed by atoms with Crippen LogP contribution in [0.4, 0.5) is 13.2 Å². The van der Waals surface area contributed by atoms with Crippen molar-refractivity contribution in [2.75, 3.05) is 0 Å². The van der Waals surface area contributed by atoms with Crippen LogP contribution in [0.5, 0.6) is 0 Å². The van der Waals surface area contributed by atoms with Crippen LogP contribution in [-0.2, 0) is 13.5 Å². The summed E-state index contributed by atoms with van der Waals surface area (Å²) in [4.78, 5) is 0. The van der Waals surface area contributed by atoms with E-state index in [-0.39, 0.29) is 6.42 Å². The first kappa shape index (κ1) is 16.6. The quantitative estimate of drug-likeness (QED) is 0.923. The van der Waals surface area contributed by atoms with E-state index < -0.39 is 24.1 Å². The third kappa shape index (κ3) is 3.54. The topological polar surface area (TPSA) is 43.8 Å². The van der Waals surface area contributed by atoms with Crippen LogP contribution in [0.3, 0.4) is 0 Å². The number of nitrogens with zero attached hydrogens (tertiary/aromatic N) is 2. The van der Waals surface area contributed by atoms with Crippen molar-refractivity contribution < 1.29 is 13.2 Å². The first-order valence-electron chi connectivity index (χ1n) is 7.22. The van der Waals surface area contributed by atoms with Crippen molar-refractivity contribution in [1.82, 2.24) is 9.78 Å². The van der Waals surface area contributed by atoms with E-state index in [1.54, 1.807) is 18.7 Å². The van der Waals surface area contributed by atoms with Crippen molar-refractivity contribution in [1.29, 1.82) is 0 Å². The predicted octanol–water partition coefficient (Wildman–Crippen LogP) is 3.62. The Bertz CT molecular complexity index is 498. The fraction of sp³-hybridized carbons (Fsp3) is 0.786. The molecule has 2 N–H and O–H groups in total. The van der Waals surface area contributed by atoms with Crippen LogP contribution in [0.15, 0.2) is 0 Å². The van der Waals surface area contributed by atoms with Gasteiger partial charge in [0.1, 0.15) is 0 Å². The van der Waals surface area contributed by atoms with E-state index >= 15 is 0 Å². The fourth-order valence-electron chi connectivity index (χ4n) is 3.35. The molecule has 0 spiro atoms. The Kier molecular flexibility index (Phi) is 4.88. The second-order valence-electron chi connectivity index (χ2n) is 5.93. The molecule has 1 heterocycles. The monoisotopic (exact) mass is 323 g/mol. The maximum absolute atomic E-state index is 13.2. The average molecular weight is 324 g/mol. The number of hydrogen-bond acceptors (Lipinski definition) is 2. The molecule has 3 atom stereocenters. The highest BCUT2D eigenvalue weighted by molar-refractivity contribution is 6.31. The Morgan fingerprint density at radius 2 is 2.00 bits per heavy atom. The predicted molar refractivity (Wildman–Crippen MR) is 76.1 cm³/mol. The zero-order chi connectivity index (χ0) is 15.8. The third-order valence-corrected chi connectivity index (χ3v) is 4.97. The van der Waals surface area contributed by atoms with Gasteiger partial charge in [-0.3, -0.25) is 4.68 Å². The summed E-state index contributed by atoms with van der Waals surface area (Å²) in [6, 6.07) is -0.552. The number of nitrogens with two attached hydrogens (primary N) is 1. The highest BCUT2D eigenvalue weighted by Crippen LogP contribution is 2.43. The maximum atomic E-state index is 13.2. The SMILES string of the molecule is Cc1nn(C)c(CC(N)C2CCCCC2C(F)(F)F)c1Cl. The van der Waals surface area contributed by atoms with Gasteiger partial charge in [-0.25, -0.2) is 0 Å². The lowest BCUT2D eigenvalue weighted by Crippen LogP contribution is -2.44. The van der Waals surface area contributed by atoms with Crippen LogP contribution in [0.2, 0.25) is 5.02 Å². The fourth-order valence-corrected chi connectivity index (χ4v) is 3.59. The van der Waals surface area contributed by atoms with E-state index in [1.807, 2.05) is 0 Å². The Morgan fingerprint density at radius 3 is 2.52 bits per heavy atom. The number of aryl methyl sites for hydroxylation is 2. The molecular weight excluding hydrogens is 303 g/mol. The van der Waals surface area contributed by atoms with Gasteiger partial charge in [0.2, 0.25) is 0 Å². The van der Waals surface area contributed by atoms with Gasteiger partial charge in [-0.2, -0.15) is 18.3 Å². The summed E-state index contributed by atoms with van der Waals surface area (Å²) in [5.41, 5.74) is 7.51. The van der Waals surface area contributed by atoms with Gasteiger partial charge in [-0.1, -0.05) is 24.4 Å². The minimum atomic E-state index is -4.17. The number of alkyl halides is 3. The molecule has 0 saturated heterocycles. The zero-order valence-corrected chi connectivity index (χ0v) is 13.0. The van der Waals surface area contributed by atoms with Gasteiger partial charge in [0.15, 0.2) is 0 Å². The molecule has 0 radical (unpaired) electrons. The van der Waals surface area contributed by atoms with E-state index in [4.69, 9.17) is 17.3 Å². The van der Waals surface area contributed by atoms with E-state index in [0.717, 1.165) is 6.42 Å². The van der Waals surface area contributed by atoms with Gasteiger partial charge in [0, 0.05) is 19.5 Å². The second kappa shape index (κ2) is 6.16. The molecule has 1 aromatic rings. The van der Waals surface area contributed by atoms with Crippen LogP contribution in [-0.4, -0.2) is 22.0 Å². The molecule has 3 unspecified atom stereocenters. The number of halogens is 4. The molecule has 120 valence electrons. The molecule has 0 amide bonds. The first-order valence-corrected chi connectivity index (χ1v) is 7.60. The third-order valence-electron chi connectivity index (χ3n) is 4.48. The molecule has 0 aliphatic heterocycles. The lowest BCUT2D eigenvalue weighted by Gasteiger charge is -2.36. The summed E-state index contributed by atoms with van der Waals surface area (Å²) in [6.45, 7) is 1.77. The highest BCUT2D eigenvalue weighted by Gasteiger charge is 2.47. The average Bonchev–Trinajstić information content (AvgIpc) is 2.64. The summed E-state index contributed by atoms with van der Waals surface area (Å²) in [5.74, 6) is -1.83. The van der Waals surface area contributed by atoms with Gasteiger partial charge in [0.25, 0.3) is 0 Å². The van der Waals surface area contributed by atoms with E-state index in [0.29, 0.717) is 35.7 Å². The molecule has 2 rings (SSSR count). The Hall–Kier alpha value is -0.750. The second-order valence-corrected chi connectivity index (χ2v) is 6.31. The van der Waals surface area contributed by atoms with Gasteiger partial charge in [0.05, 0.1) is 22.3 Å². The Balaban J connectivity index is 2.16. The molecule has 1 aliphatic carbocycles. The van der Waals surface area contributed by atoms with Crippen molar-refractivity contribution >= 4 is 11.6 Å². The standard InChI is InChI=1S/C14H21ClF3N3/c1-8-13(15)12(21(2)20-8)7-11(19)9-5-3-4-6-10(9)14(16,17)18/h9-11H,3-7,19H2,1-2H3. The summed E-state index contributed by atoms with van der Waals surface area (Å²) in [5, 5.41) is 4.69. The summed E-state index contributed by atoms with van der Waals surface area (Å²) < 4.78 is 41.1. The molecule has 1 saturated carbocycles. The van der Waals surface area contributed by atoms with Crippen LogP contribution in [0, 0.1) is 18.8 Å².